The van der Waals surface area contributed by atoms with Crippen LogP contribution in [0.4, 0.5) is 0 Å². The van der Waals surface area contributed by atoms with Gasteiger partial charge in [-0.15, -0.1) is 0 Å². The summed E-state index contributed by atoms with van der Waals surface area (Å²) >= 11 is 0. The highest BCUT2D eigenvalue weighted by Gasteiger charge is 2.65. The lowest BCUT2D eigenvalue weighted by atomic mass is 9.79. The molecule has 4 atom stereocenters. The van der Waals surface area contributed by atoms with Crippen molar-refractivity contribution in [2.24, 2.45) is 0 Å². The number of aromatic amines is 1. The van der Waals surface area contributed by atoms with Gasteiger partial charge in [0.1, 0.15) is 5.72 Å². The van der Waals surface area contributed by atoms with Crippen LogP contribution < -0.4 is 0 Å². The molecule has 1 aromatic heterocycles. The third kappa shape index (κ3) is 1.79. The Labute approximate surface area is 158 Å². The zero-order valence-corrected chi connectivity index (χ0v) is 15.5. The molecule has 4 nitrogen and oxygen atoms in total. The molecule has 6 rings (SSSR count). The number of ether oxygens (including phenoxy) is 1. The maximum Gasteiger partial charge on any atom is 0.236 e. The Kier molecular flexibility index (Phi) is 2.76. The molecule has 0 spiro atoms. The first-order valence-electron chi connectivity index (χ1n) is 9.67. The molecule has 0 bridgehead atoms. The number of rotatable bonds is 1. The maximum absolute atomic E-state index is 13.8. The van der Waals surface area contributed by atoms with Gasteiger partial charge in [0.2, 0.25) is 5.91 Å². The van der Waals surface area contributed by atoms with Gasteiger partial charge in [-0.1, -0.05) is 42.5 Å². The van der Waals surface area contributed by atoms with Gasteiger partial charge >= 0.3 is 0 Å². The number of fused-ring (bicyclic) bond motifs is 6. The SMILES string of the molecule is C[C@@]12C[C@@](C)(c3c[nH]c4ccccc34)C(=O)N1[C@H]1c3ccccc3C[C@H]1O2. The molecule has 2 aromatic carbocycles. The number of benzene rings is 2. The van der Waals surface area contributed by atoms with Crippen LogP contribution in [0.5, 0.6) is 0 Å². The van der Waals surface area contributed by atoms with Crippen molar-refractivity contribution >= 4 is 16.8 Å². The number of carbonyl (C=O) groups is 1. The zero-order chi connectivity index (χ0) is 18.4. The van der Waals surface area contributed by atoms with Crippen LogP contribution in [0.1, 0.15) is 43.0 Å². The van der Waals surface area contributed by atoms with Crippen molar-refractivity contribution in [2.75, 3.05) is 0 Å². The van der Waals surface area contributed by atoms with Crippen LogP contribution in [-0.2, 0) is 21.4 Å². The van der Waals surface area contributed by atoms with Gasteiger partial charge in [0.25, 0.3) is 0 Å². The van der Waals surface area contributed by atoms with Gasteiger partial charge in [-0.2, -0.15) is 0 Å². The van der Waals surface area contributed by atoms with Crippen LogP contribution >= 0.6 is 0 Å². The average Bonchev–Trinajstić information content (AvgIpc) is 3.33. The molecule has 3 heterocycles. The molecule has 1 aliphatic carbocycles. The number of nitrogens with one attached hydrogen (secondary N) is 1. The summed E-state index contributed by atoms with van der Waals surface area (Å²) in [6.45, 7) is 4.17. The van der Waals surface area contributed by atoms with E-state index in [1.807, 2.05) is 23.2 Å². The molecule has 1 N–H and O–H groups in total. The summed E-state index contributed by atoms with van der Waals surface area (Å²) in [6, 6.07) is 16.7. The fourth-order valence-electron chi connectivity index (χ4n) is 5.83. The Hall–Kier alpha value is -2.59. The molecular formula is C23H22N2O2. The molecule has 0 radical (unpaired) electrons. The van der Waals surface area contributed by atoms with Crippen LogP contribution in [0.2, 0.25) is 0 Å². The second kappa shape index (κ2) is 4.82. The summed E-state index contributed by atoms with van der Waals surface area (Å²) in [5.41, 5.74) is 3.57. The largest absolute Gasteiger partial charge is 0.361 e. The van der Waals surface area contributed by atoms with Crippen molar-refractivity contribution in [3.63, 3.8) is 0 Å². The molecule has 136 valence electrons. The van der Waals surface area contributed by atoms with Crippen molar-refractivity contribution in [3.05, 3.63) is 71.4 Å². The monoisotopic (exact) mass is 358 g/mol. The molecule has 0 unspecified atom stereocenters. The first-order valence-corrected chi connectivity index (χ1v) is 9.67. The predicted octanol–water partition coefficient (Wildman–Crippen LogP) is 4.07. The number of hydrogen-bond donors (Lipinski definition) is 1. The Morgan fingerprint density at radius 3 is 2.78 bits per heavy atom. The number of nitrogens with zero attached hydrogens (tertiary/aromatic N) is 1. The number of aromatic nitrogens is 1. The van der Waals surface area contributed by atoms with Crippen molar-refractivity contribution in [1.82, 2.24) is 9.88 Å². The fourth-order valence-corrected chi connectivity index (χ4v) is 5.83. The van der Waals surface area contributed by atoms with Gasteiger partial charge < -0.3 is 14.6 Å². The molecule has 1 amide bonds. The Bertz CT molecular complexity index is 1100. The summed E-state index contributed by atoms with van der Waals surface area (Å²) in [7, 11) is 0. The van der Waals surface area contributed by atoms with Gasteiger partial charge in [0.15, 0.2) is 0 Å². The number of carbonyl (C=O) groups excluding carboxylic acids is 1. The lowest BCUT2D eigenvalue weighted by Crippen LogP contribution is -2.41. The highest BCUT2D eigenvalue weighted by Crippen LogP contribution is 2.58. The molecule has 3 aliphatic rings. The van der Waals surface area contributed by atoms with E-state index >= 15 is 0 Å². The zero-order valence-electron chi connectivity index (χ0n) is 15.5. The van der Waals surface area contributed by atoms with Gasteiger partial charge in [0.05, 0.1) is 17.6 Å². The van der Waals surface area contributed by atoms with Crippen molar-refractivity contribution in [2.45, 2.75) is 50.0 Å². The molecule has 2 aliphatic heterocycles. The molecule has 4 heteroatoms. The normalized spacial score (nSPS) is 34.1. The minimum atomic E-state index is -0.586. The van der Waals surface area contributed by atoms with E-state index in [1.54, 1.807) is 0 Å². The summed E-state index contributed by atoms with van der Waals surface area (Å²) in [4.78, 5) is 19.2. The van der Waals surface area contributed by atoms with Crippen LogP contribution in [-0.4, -0.2) is 27.6 Å². The standard InChI is InChI=1S/C23H22N2O2/c1-22(17-12-24-18-10-6-5-9-16(17)18)13-23(2)25(21(22)26)20-15-8-4-3-7-14(15)11-19(20)27-23/h3-10,12,19-20,24H,11,13H2,1-2H3/t19-,20+,22+,23-/m1/s1. The molecule has 2 saturated heterocycles. The predicted molar refractivity (Wildman–Crippen MR) is 103 cm³/mol. The van der Waals surface area contributed by atoms with E-state index in [4.69, 9.17) is 4.74 Å². The quantitative estimate of drug-likeness (QED) is 0.713. The average molecular weight is 358 g/mol. The number of hydrogen-bond acceptors (Lipinski definition) is 2. The summed E-state index contributed by atoms with van der Waals surface area (Å²) in [6.07, 6.45) is 3.65. The van der Waals surface area contributed by atoms with Crippen molar-refractivity contribution < 1.29 is 9.53 Å². The topological polar surface area (TPSA) is 45.3 Å². The third-order valence-electron chi connectivity index (χ3n) is 6.90. The van der Waals surface area contributed by atoms with E-state index in [-0.39, 0.29) is 18.1 Å². The number of amides is 1. The van der Waals surface area contributed by atoms with E-state index in [0.29, 0.717) is 6.42 Å². The first kappa shape index (κ1) is 15.5. The summed E-state index contributed by atoms with van der Waals surface area (Å²) < 4.78 is 6.55. The van der Waals surface area contributed by atoms with Crippen molar-refractivity contribution in [3.8, 4) is 0 Å². The second-order valence-corrected chi connectivity index (χ2v) is 8.61. The fraction of sp³-hybridized carbons (Fsp3) is 0.348. The third-order valence-corrected chi connectivity index (χ3v) is 6.90. The maximum atomic E-state index is 13.8. The lowest BCUT2D eigenvalue weighted by molar-refractivity contribution is -0.139. The van der Waals surface area contributed by atoms with Gasteiger partial charge in [-0.05, 0) is 36.6 Å². The Morgan fingerprint density at radius 2 is 1.89 bits per heavy atom. The first-order chi connectivity index (χ1) is 13.0. The van der Waals surface area contributed by atoms with Crippen LogP contribution in [0.3, 0.4) is 0 Å². The molecule has 27 heavy (non-hydrogen) atoms. The minimum Gasteiger partial charge on any atom is -0.361 e. The number of para-hydroxylation sites is 1. The van der Waals surface area contributed by atoms with Gasteiger partial charge in [-0.25, -0.2) is 0 Å². The highest BCUT2D eigenvalue weighted by molar-refractivity contribution is 5.97. The van der Waals surface area contributed by atoms with E-state index in [2.05, 4.69) is 55.2 Å². The minimum absolute atomic E-state index is 0.0331. The van der Waals surface area contributed by atoms with E-state index < -0.39 is 11.1 Å². The van der Waals surface area contributed by atoms with Crippen LogP contribution in [0.15, 0.2) is 54.7 Å². The van der Waals surface area contributed by atoms with Crippen LogP contribution in [0, 0.1) is 0 Å². The Balaban J connectivity index is 1.49. The van der Waals surface area contributed by atoms with Gasteiger partial charge in [-0.3, -0.25) is 4.79 Å². The summed E-state index contributed by atoms with van der Waals surface area (Å²) in [5.74, 6) is 0.180. The molecule has 2 fully saturated rings. The second-order valence-electron chi connectivity index (χ2n) is 8.61. The lowest BCUT2D eigenvalue weighted by Gasteiger charge is -2.29. The van der Waals surface area contributed by atoms with E-state index in [1.165, 1.54) is 11.1 Å². The van der Waals surface area contributed by atoms with Crippen molar-refractivity contribution in [1.29, 1.82) is 0 Å². The smallest absolute Gasteiger partial charge is 0.236 e. The van der Waals surface area contributed by atoms with Crippen LogP contribution in [0.25, 0.3) is 10.9 Å². The Morgan fingerprint density at radius 1 is 1.11 bits per heavy atom. The molecule has 0 saturated carbocycles. The highest BCUT2D eigenvalue weighted by atomic mass is 16.5. The molecule has 3 aromatic rings. The van der Waals surface area contributed by atoms with E-state index in [0.717, 1.165) is 22.9 Å². The molecular weight excluding hydrogens is 336 g/mol. The van der Waals surface area contributed by atoms with Gasteiger partial charge in [0, 0.05) is 29.9 Å². The summed E-state index contributed by atoms with van der Waals surface area (Å²) in [5, 5.41) is 1.13. The number of H-pyrrole nitrogens is 1. The van der Waals surface area contributed by atoms with E-state index in [9.17, 15) is 4.79 Å².